The van der Waals surface area contributed by atoms with Gasteiger partial charge in [-0.3, -0.25) is 19.5 Å². The molecule has 4 aromatic rings. The highest BCUT2D eigenvalue weighted by Crippen LogP contribution is 2.23. The molecule has 0 bridgehead atoms. The van der Waals surface area contributed by atoms with Crippen LogP contribution in [0.4, 0.5) is 11.4 Å². The number of rotatable bonds is 6. The largest absolute Gasteiger partial charge is 0.439 e. The number of benzene rings is 2. The number of amides is 1. The molecule has 2 aromatic heterocycles. The summed E-state index contributed by atoms with van der Waals surface area (Å²) >= 11 is 0. The van der Waals surface area contributed by atoms with Gasteiger partial charge in [0.05, 0.1) is 4.92 Å². The van der Waals surface area contributed by atoms with E-state index in [1.165, 1.54) is 24.3 Å². The van der Waals surface area contributed by atoms with Crippen molar-refractivity contribution in [2.75, 3.05) is 5.32 Å². The van der Waals surface area contributed by atoms with Crippen LogP contribution in [-0.4, -0.2) is 30.3 Å². The van der Waals surface area contributed by atoms with Gasteiger partial charge in [-0.25, -0.2) is 9.97 Å². The fourth-order valence-electron chi connectivity index (χ4n) is 2.77. The van der Waals surface area contributed by atoms with Gasteiger partial charge in [0.25, 0.3) is 11.6 Å². The minimum atomic E-state index is -0.516. The third-order valence-electron chi connectivity index (χ3n) is 4.24. The molecule has 154 valence electrons. The highest BCUT2D eigenvalue weighted by atomic mass is 16.6. The number of hydrogen-bond donors (Lipinski definition) is 1. The van der Waals surface area contributed by atoms with E-state index < -0.39 is 4.92 Å². The number of hydrogen-bond acceptors (Lipinski definition) is 7. The molecular weight excluding hydrogens is 400 g/mol. The molecule has 0 radical (unpaired) electrons. The molecular formula is C21H16N6O4. The summed E-state index contributed by atoms with van der Waals surface area (Å²) in [5.74, 6) is 1.71. The summed E-state index contributed by atoms with van der Waals surface area (Å²) in [5, 5.41) is 13.4. The predicted molar refractivity (Wildman–Crippen MR) is 111 cm³/mol. The van der Waals surface area contributed by atoms with E-state index in [9.17, 15) is 14.9 Å². The van der Waals surface area contributed by atoms with E-state index in [1.54, 1.807) is 60.5 Å². The van der Waals surface area contributed by atoms with Crippen molar-refractivity contribution in [3.05, 3.63) is 94.8 Å². The summed E-state index contributed by atoms with van der Waals surface area (Å²) < 4.78 is 7.57. The zero-order valence-corrected chi connectivity index (χ0v) is 16.3. The smallest absolute Gasteiger partial charge is 0.269 e. The summed E-state index contributed by atoms with van der Waals surface area (Å²) in [6, 6.07) is 13.8. The lowest BCUT2D eigenvalue weighted by molar-refractivity contribution is -0.384. The molecule has 4 rings (SSSR count). The van der Waals surface area contributed by atoms with Gasteiger partial charge in [0.1, 0.15) is 23.7 Å². The van der Waals surface area contributed by atoms with Crippen LogP contribution in [-0.2, 0) is 0 Å². The highest BCUT2D eigenvalue weighted by molar-refractivity contribution is 6.04. The maximum absolute atomic E-state index is 12.3. The summed E-state index contributed by atoms with van der Waals surface area (Å²) in [5.41, 5.74) is 0.789. The molecule has 0 spiro atoms. The Kier molecular flexibility index (Phi) is 5.35. The van der Waals surface area contributed by atoms with Gasteiger partial charge in [-0.05, 0) is 43.3 Å². The molecule has 31 heavy (non-hydrogen) atoms. The summed E-state index contributed by atoms with van der Waals surface area (Å²) in [4.78, 5) is 35.2. The number of carbonyl (C=O) groups is 1. The number of nitro benzene ring substituents is 1. The second kappa shape index (κ2) is 8.41. The molecule has 0 aliphatic heterocycles. The Balaban J connectivity index is 1.44. The highest BCUT2D eigenvalue weighted by Gasteiger charge is 2.10. The van der Waals surface area contributed by atoms with Gasteiger partial charge in [0, 0.05) is 41.8 Å². The van der Waals surface area contributed by atoms with Gasteiger partial charge in [-0.2, -0.15) is 4.98 Å². The lowest BCUT2D eigenvalue weighted by atomic mass is 10.2. The molecule has 1 N–H and O–H groups in total. The number of non-ortho nitro benzene ring substituents is 1. The van der Waals surface area contributed by atoms with Crippen LogP contribution in [0.3, 0.4) is 0 Å². The molecule has 0 unspecified atom stereocenters. The number of nitrogens with zero attached hydrogens (tertiary/aromatic N) is 5. The third-order valence-corrected chi connectivity index (χ3v) is 4.24. The van der Waals surface area contributed by atoms with Crippen LogP contribution in [0.15, 0.2) is 73.3 Å². The molecule has 1 amide bonds. The molecule has 2 heterocycles. The van der Waals surface area contributed by atoms with E-state index in [-0.39, 0.29) is 11.6 Å². The van der Waals surface area contributed by atoms with Crippen molar-refractivity contribution in [3.63, 3.8) is 0 Å². The fourth-order valence-corrected chi connectivity index (χ4v) is 2.77. The maximum atomic E-state index is 12.3. The molecule has 10 heteroatoms. The van der Waals surface area contributed by atoms with E-state index in [0.717, 1.165) is 0 Å². The predicted octanol–water partition coefficient (Wildman–Crippen LogP) is 3.92. The Morgan fingerprint density at radius 1 is 1.10 bits per heavy atom. The topological polar surface area (TPSA) is 125 Å². The van der Waals surface area contributed by atoms with Crippen molar-refractivity contribution in [1.29, 1.82) is 0 Å². The van der Waals surface area contributed by atoms with Crippen LogP contribution in [0.5, 0.6) is 11.6 Å². The van der Waals surface area contributed by atoms with E-state index in [1.807, 2.05) is 0 Å². The maximum Gasteiger partial charge on any atom is 0.269 e. The summed E-state index contributed by atoms with van der Waals surface area (Å²) in [6.45, 7) is 1.77. The number of carbonyl (C=O) groups excluding carboxylic acids is 1. The Hall–Kier alpha value is -4.60. The zero-order chi connectivity index (χ0) is 21.8. The van der Waals surface area contributed by atoms with Gasteiger partial charge in [-0.1, -0.05) is 0 Å². The summed E-state index contributed by atoms with van der Waals surface area (Å²) in [7, 11) is 0. The lowest BCUT2D eigenvalue weighted by Gasteiger charge is -2.09. The average molecular weight is 416 g/mol. The first-order valence-corrected chi connectivity index (χ1v) is 9.16. The summed E-state index contributed by atoms with van der Waals surface area (Å²) in [6.07, 6.45) is 5.06. The number of aromatic nitrogens is 4. The molecule has 0 saturated heterocycles. The molecule has 0 fully saturated rings. The number of nitrogens with one attached hydrogen (secondary N) is 1. The van der Waals surface area contributed by atoms with Crippen LogP contribution in [0.2, 0.25) is 0 Å². The Bertz CT molecular complexity index is 1220. The van der Waals surface area contributed by atoms with Crippen LogP contribution in [0, 0.1) is 17.0 Å². The van der Waals surface area contributed by atoms with E-state index >= 15 is 0 Å². The van der Waals surface area contributed by atoms with Crippen molar-refractivity contribution in [3.8, 4) is 17.4 Å². The molecule has 0 aliphatic rings. The Labute approximate surface area is 176 Å². The fraction of sp³-hybridized carbons (Fsp3) is 0.0476. The van der Waals surface area contributed by atoms with Gasteiger partial charge in [0.15, 0.2) is 0 Å². The molecule has 10 nitrogen and oxygen atoms in total. The Morgan fingerprint density at radius 2 is 1.84 bits per heavy atom. The van der Waals surface area contributed by atoms with Gasteiger partial charge < -0.3 is 10.1 Å². The van der Waals surface area contributed by atoms with Crippen LogP contribution in [0.25, 0.3) is 5.82 Å². The minimum absolute atomic E-state index is 0.0748. The number of anilines is 1. The standard InChI is InChI=1S/C21H16N6O4/c1-14-23-19(26-11-10-22-13-26)12-20(24-14)31-18-8-4-16(5-9-18)25-21(28)15-2-6-17(7-3-15)27(29)30/h2-13H,1H3,(H,25,28). The van der Waals surface area contributed by atoms with Gasteiger partial charge in [0.2, 0.25) is 5.88 Å². The number of aryl methyl sites for hydroxylation is 1. The minimum Gasteiger partial charge on any atom is -0.439 e. The SMILES string of the molecule is Cc1nc(Oc2ccc(NC(=O)c3ccc([N+](=O)[O-])cc3)cc2)cc(-n2ccnc2)n1. The van der Waals surface area contributed by atoms with Crippen molar-refractivity contribution >= 4 is 17.3 Å². The lowest BCUT2D eigenvalue weighted by Crippen LogP contribution is -2.11. The van der Waals surface area contributed by atoms with Crippen LogP contribution < -0.4 is 10.1 Å². The number of imidazole rings is 1. The van der Waals surface area contributed by atoms with Crippen molar-refractivity contribution in [1.82, 2.24) is 19.5 Å². The Morgan fingerprint density at radius 3 is 2.48 bits per heavy atom. The van der Waals surface area contributed by atoms with Crippen molar-refractivity contribution in [2.24, 2.45) is 0 Å². The van der Waals surface area contributed by atoms with Crippen molar-refractivity contribution in [2.45, 2.75) is 6.92 Å². The molecule has 0 saturated carbocycles. The van der Waals surface area contributed by atoms with Gasteiger partial charge >= 0.3 is 0 Å². The van der Waals surface area contributed by atoms with Crippen LogP contribution in [0.1, 0.15) is 16.2 Å². The van der Waals surface area contributed by atoms with E-state index in [2.05, 4.69) is 20.3 Å². The second-order valence-corrected chi connectivity index (χ2v) is 6.47. The second-order valence-electron chi connectivity index (χ2n) is 6.47. The normalized spacial score (nSPS) is 10.5. The first-order valence-electron chi connectivity index (χ1n) is 9.16. The average Bonchev–Trinajstić information content (AvgIpc) is 3.30. The quantitative estimate of drug-likeness (QED) is 0.373. The van der Waals surface area contributed by atoms with E-state index in [0.29, 0.717) is 34.5 Å². The third kappa shape index (κ3) is 4.70. The van der Waals surface area contributed by atoms with Gasteiger partial charge in [-0.15, -0.1) is 0 Å². The zero-order valence-electron chi connectivity index (χ0n) is 16.3. The number of nitro groups is 1. The first-order chi connectivity index (χ1) is 15.0. The monoisotopic (exact) mass is 416 g/mol. The molecule has 0 atom stereocenters. The number of ether oxygens (including phenoxy) is 1. The van der Waals surface area contributed by atoms with Crippen molar-refractivity contribution < 1.29 is 14.5 Å². The van der Waals surface area contributed by atoms with Crippen LogP contribution >= 0.6 is 0 Å². The van der Waals surface area contributed by atoms with E-state index in [4.69, 9.17) is 4.74 Å². The molecule has 0 aliphatic carbocycles. The molecule has 2 aromatic carbocycles. The first kappa shape index (κ1) is 19.7.